The van der Waals surface area contributed by atoms with E-state index in [-0.39, 0.29) is 12.1 Å². The molecule has 1 heterocycles. The first kappa shape index (κ1) is 13.6. The summed E-state index contributed by atoms with van der Waals surface area (Å²) in [5.74, 6) is 0.885. The molecule has 1 N–H and O–H groups in total. The molecule has 0 spiro atoms. The van der Waals surface area contributed by atoms with Crippen LogP contribution in [0.2, 0.25) is 0 Å². The Balaban J connectivity index is 2.02. The third-order valence-corrected chi connectivity index (χ3v) is 3.30. The second kappa shape index (κ2) is 6.34. The normalized spacial score (nSPS) is 13.8. The molecule has 1 unspecified atom stereocenters. The highest BCUT2D eigenvalue weighted by molar-refractivity contribution is 5.29. The summed E-state index contributed by atoms with van der Waals surface area (Å²) in [6.07, 6.45) is 3.70. The number of nitrogens with one attached hydrogen (secondary N) is 1. The minimum Gasteiger partial charge on any atom is -0.497 e. The van der Waals surface area contributed by atoms with Gasteiger partial charge in [0.25, 0.3) is 0 Å². The van der Waals surface area contributed by atoms with Gasteiger partial charge >= 0.3 is 0 Å². The molecule has 0 radical (unpaired) electrons. The molecule has 1 aromatic carbocycles. The van der Waals surface area contributed by atoms with Crippen LogP contribution in [0.15, 0.2) is 48.8 Å². The van der Waals surface area contributed by atoms with Gasteiger partial charge in [-0.25, -0.2) is 0 Å². The molecular formula is C16H20N2O. The summed E-state index contributed by atoms with van der Waals surface area (Å²) in [4.78, 5) is 4.15. The van der Waals surface area contributed by atoms with Crippen molar-refractivity contribution in [3.63, 3.8) is 0 Å². The zero-order valence-electron chi connectivity index (χ0n) is 11.6. The van der Waals surface area contributed by atoms with Gasteiger partial charge in [-0.05, 0) is 43.2 Å². The smallest absolute Gasteiger partial charge is 0.118 e. The zero-order chi connectivity index (χ0) is 13.7. The van der Waals surface area contributed by atoms with Crippen LogP contribution in [-0.4, -0.2) is 12.1 Å². The largest absolute Gasteiger partial charge is 0.497 e. The molecule has 100 valence electrons. The van der Waals surface area contributed by atoms with Crippen molar-refractivity contribution in [2.45, 2.75) is 25.9 Å². The fourth-order valence-electron chi connectivity index (χ4n) is 2.09. The number of ether oxygens (including phenoxy) is 1. The lowest BCUT2D eigenvalue weighted by Gasteiger charge is -2.20. The first-order chi connectivity index (χ1) is 9.20. The van der Waals surface area contributed by atoms with Crippen LogP contribution >= 0.6 is 0 Å². The Bertz CT molecular complexity index is 496. The Kier molecular flexibility index (Phi) is 4.53. The molecule has 3 heteroatoms. The lowest BCUT2D eigenvalue weighted by molar-refractivity contribution is 0.414. The molecule has 1 aromatic heterocycles. The third kappa shape index (κ3) is 3.55. The van der Waals surface area contributed by atoms with E-state index in [2.05, 4.69) is 42.3 Å². The molecule has 0 saturated heterocycles. The summed E-state index contributed by atoms with van der Waals surface area (Å²) in [6, 6.07) is 12.8. The lowest BCUT2D eigenvalue weighted by Crippen LogP contribution is -2.22. The summed E-state index contributed by atoms with van der Waals surface area (Å²) in [5, 5.41) is 3.57. The van der Waals surface area contributed by atoms with E-state index in [9.17, 15) is 0 Å². The number of pyridine rings is 1. The fourth-order valence-corrected chi connectivity index (χ4v) is 2.09. The molecule has 3 nitrogen and oxygen atoms in total. The monoisotopic (exact) mass is 256 g/mol. The molecule has 0 aliphatic heterocycles. The van der Waals surface area contributed by atoms with Crippen molar-refractivity contribution in [2.75, 3.05) is 7.11 Å². The second-order valence-corrected chi connectivity index (χ2v) is 4.67. The molecule has 0 saturated carbocycles. The lowest BCUT2D eigenvalue weighted by atomic mass is 10.1. The molecule has 2 rings (SSSR count). The van der Waals surface area contributed by atoms with Crippen molar-refractivity contribution < 1.29 is 4.74 Å². The summed E-state index contributed by atoms with van der Waals surface area (Å²) >= 11 is 0. The minimum atomic E-state index is 0.269. The fraction of sp³-hybridized carbons (Fsp3) is 0.312. The maximum atomic E-state index is 5.17. The summed E-state index contributed by atoms with van der Waals surface area (Å²) in [6.45, 7) is 4.31. The number of nitrogens with zero attached hydrogens (tertiary/aromatic N) is 1. The first-order valence-electron chi connectivity index (χ1n) is 6.50. The van der Waals surface area contributed by atoms with Crippen LogP contribution in [0.1, 0.15) is 37.1 Å². The summed E-state index contributed by atoms with van der Waals surface area (Å²) in [7, 11) is 1.68. The molecule has 0 bridgehead atoms. The van der Waals surface area contributed by atoms with Crippen molar-refractivity contribution in [3.05, 3.63) is 59.9 Å². The number of benzene rings is 1. The first-order valence-corrected chi connectivity index (χ1v) is 6.50. The van der Waals surface area contributed by atoms with E-state index in [4.69, 9.17) is 4.74 Å². The van der Waals surface area contributed by atoms with Gasteiger partial charge in [0.05, 0.1) is 7.11 Å². The molecule has 0 amide bonds. The van der Waals surface area contributed by atoms with Crippen LogP contribution < -0.4 is 10.1 Å². The minimum absolute atomic E-state index is 0.269. The highest BCUT2D eigenvalue weighted by Crippen LogP contribution is 2.20. The standard InChI is InChI=1S/C16H20N2O/c1-12(14-6-8-16(19-3)9-7-14)18-13(2)15-5-4-10-17-11-15/h4-13,18H,1-3H3/t12?,13-/m1/s1. The summed E-state index contributed by atoms with van der Waals surface area (Å²) < 4.78 is 5.17. The molecule has 2 atom stereocenters. The predicted molar refractivity (Wildman–Crippen MR) is 77.2 cm³/mol. The molecule has 19 heavy (non-hydrogen) atoms. The Hall–Kier alpha value is -1.87. The zero-order valence-corrected chi connectivity index (χ0v) is 11.6. The highest BCUT2D eigenvalue weighted by Gasteiger charge is 2.11. The highest BCUT2D eigenvalue weighted by atomic mass is 16.5. The van der Waals surface area contributed by atoms with Gasteiger partial charge in [0, 0.05) is 24.5 Å². The van der Waals surface area contributed by atoms with Gasteiger partial charge in [0.1, 0.15) is 5.75 Å². The van der Waals surface area contributed by atoms with Gasteiger partial charge in [0.15, 0.2) is 0 Å². The van der Waals surface area contributed by atoms with Crippen LogP contribution in [0.4, 0.5) is 0 Å². The van der Waals surface area contributed by atoms with E-state index in [0.717, 1.165) is 5.75 Å². The van der Waals surface area contributed by atoms with Crippen molar-refractivity contribution in [2.24, 2.45) is 0 Å². The van der Waals surface area contributed by atoms with Gasteiger partial charge in [-0.1, -0.05) is 18.2 Å². The molecule has 0 fully saturated rings. The van der Waals surface area contributed by atoms with Gasteiger partial charge in [-0.2, -0.15) is 0 Å². The second-order valence-electron chi connectivity index (χ2n) is 4.67. The molecule has 0 aliphatic carbocycles. The summed E-state index contributed by atoms with van der Waals surface area (Å²) in [5.41, 5.74) is 2.44. The Morgan fingerprint density at radius 2 is 1.68 bits per heavy atom. The van der Waals surface area contributed by atoms with E-state index in [1.165, 1.54) is 11.1 Å². The van der Waals surface area contributed by atoms with Crippen molar-refractivity contribution in [1.29, 1.82) is 0 Å². The van der Waals surface area contributed by atoms with Gasteiger partial charge in [0.2, 0.25) is 0 Å². The third-order valence-electron chi connectivity index (χ3n) is 3.30. The Morgan fingerprint density at radius 1 is 1.00 bits per heavy atom. The van der Waals surface area contributed by atoms with E-state index in [1.54, 1.807) is 13.3 Å². The number of methoxy groups -OCH3 is 1. The van der Waals surface area contributed by atoms with E-state index < -0.39 is 0 Å². The Morgan fingerprint density at radius 3 is 2.26 bits per heavy atom. The van der Waals surface area contributed by atoms with Crippen molar-refractivity contribution in [1.82, 2.24) is 10.3 Å². The van der Waals surface area contributed by atoms with E-state index >= 15 is 0 Å². The van der Waals surface area contributed by atoms with E-state index in [0.29, 0.717) is 0 Å². The van der Waals surface area contributed by atoms with Crippen molar-refractivity contribution in [3.8, 4) is 5.75 Å². The van der Waals surface area contributed by atoms with Gasteiger partial charge < -0.3 is 10.1 Å². The number of rotatable bonds is 5. The molecule has 0 aliphatic rings. The SMILES string of the molecule is COc1ccc(C(C)N[C@H](C)c2cccnc2)cc1. The van der Waals surface area contributed by atoms with Crippen LogP contribution in [0.25, 0.3) is 0 Å². The van der Waals surface area contributed by atoms with Crippen LogP contribution in [0.5, 0.6) is 5.75 Å². The maximum absolute atomic E-state index is 5.17. The van der Waals surface area contributed by atoms with E-state index in [1.807, 2.05) is 24.4 Å². The number of aromatic nitrogens is 1. The topological polar surface area (TPSA) is 34.1 Å². The Labute approximate surface area is 114 Å². The van der Waals surface area contributed by atoms with Crippen LogP contribution in [0, 0.1) is 0 Å². The average Bonchev–Trinajstić information content (AvgIpc) is 2.48. The maximum Gasteiger partial charge on any atom is 0.118 e. The quantitative estimate of drug-likeness (QED) is 0.889. The number of hydrogen-bond donors (Lipinski definition) is 1. The van der Waals surface area contributed by atoms with Gasteiger partial charge in [-0.15, -0.1) is 0 Å². The van der Waals surface area contributed by atoms with Crippen LogP contribution in [-0.2, 0) is 0 Å². The molecule has 2 aromatic rings. The van der Waals surface area contributed by atoms with Crippen molar-refractivity contribution >= 4 is 0 Å². The predicted octanol–water partition coefficient (Wildman–Crippen LogP) is 3.50. The number of hydrogen-bond acceptors (Lipinski definition) is 3. The average molecular weight is 256 g/mol. The van der Waals surface area contributed by atoms with Gasteiger partial charge in [-0.3, -0.25) is 4.98 Å². The van der Waals surface area contributed by atoms with Crippen LogP contribution in [0.3, 0.4) is 0 Å². The molecular weight excluding hydrogens is 236 g/mol.